The van der Waals surface area contributed by atoms with Crippen LogP contribution in [0.4, 0.5) is 5.69 Å². The van der Waals surface area contributed by atoms with Gasteiger partial charge in [0.15, 0.2) is 0 Å². The first-order chi connectivity index (χ1) is 12.2. The van der Waals surface area contributed by atoms with Crippen LogP contribution in [0.25, 0.3) is 23.3 Å². The maximum absolute atomic E-state index is 12.3. The second-order valence-corrected chi connectivity index (χ2v) is 6.28. The molecule has 2 nitrogen and oxygen atoms in total. The third-order valence-electron chi connectivity index (χ3n) is 4.63. The van der Waals surface area contributed by atoms with Gasteiger partial charge in [0.05, 0.1) is 12.2 Å². The summed E-state index contributed by atoms with van der Waals surface area (Å²) >= 11 is 0. The molecule has 0 saturated carbocycles. The summed E-state index contributed by atoms with van der Waals surface area (Å²) in [5.74, 6) is 0.0545. The van der Waals surface area contributed by atoms with E-state index < -0.39 is 0 Å². The lowest BCUT2D eigenvalue weighted by Crippen LogP contribution is -2.29. The Bertz CT molecular complexity index is 957. The smallest absolute Gasteiger partial charge is 0.224 e. The molecule has 1 aliphatic heterocycles. The summed E-state index contributed by atoms with van der Waals surface area (Å²) in [7, 11) is 0. The molecule has 2 heteroatoms. The Morgan fingerprint density at radius 2 is 1.52 bits per heavy atom. The second-order valence-electron chi connectivity index (χ2n) is 6.28. The highest BCUT2D eigenvalue weighted by atomic mass is 16.2. The van der Waals surface area contributed by atoms with E-state index in [4.69, 9.17) is 0 Å². The molecule has 1 heterocycles. The first kappa shape index (κ1) is 15.4. The number of carbonyl (C=O) groups excluding carboxylic acids is 1. The van der Waals surface area contributed by atoms with Gasteiger partial charge in [0, 0.05) is 6.92 Å². The second kappa shape index (κ2) is 6.40. The topological polar surface area (TPSA) is 20.3 Å². The molecule has 0 atom stereocenters. The zero-order valence-electron chi connectivity index (χ0n) is 14.1. The Morgan fingerprint density at radius 1 is 0.800 bits per heavy atom. The maximum atomic E-state index is 12.3. The van der Waals surface area contributed by atoms with Crippen molar-refractivity contribution in [2.75, 3.05) is 4.90 Å². The first-order valence-corrected chi connectivity index (χ1v) is 8.46. The molecule has 0 radical (unpaired) electrons. The summed E-state index contributed by atoms with van der Waals surface area (Å²) in [5, 5.41) is 0. The Hall–Kier alpha value is -3.13. The van der Waals surface area contributed by atoms with Crippen LogP contribution in [-0.4, -0.2) is 5.91 Å². The summed E-state index contributed by atoms with van der Waals surface area (Å²) in [5.41, 5.74) is 6.69. The molecule has 0 unspecified atom stereocenters. The number of amides is 1. The van der Waals surface area contributed by atoms with Crippen molar-refractivity contribution in [2.24, 2.45) is 0 Å². The fourth-order valence-electron chi connectivity index (χ4n) is 3.31. The van der Waals surface area contributed by atoms with Crippen LogP contribution in [0.5, 0.6) is 0 Å². The molecule has 0 spiro atoms. The number of fused-ring (bicyclic) bond motifs is 2. The van der Waals surface area contributed by atoms with Gasteiger partial charge in [-0.25, -0.2) is 0 Å². The Kier molecular flexibility index (Phi) is 3.95. The van der Waals surface area contributed by atoms with Crippen molar-refractivity contribution in [3.63, 3.8) is 0 Å². The van der Waals surface area contributed by atoms with Gasteiger partial charge in [-0.05, 0) is 39.9 Å². The summed E-state index contributed by atoms with van der Waals surface area (Å²) in [6, 6.07) is 24.8. The number of hydrogen-bond acceptors (Lipinski definition) is 1. The van der Waals surface area contributed by atoms with Gasteiger partial charge in [0.1, 0.15) is 0 Å². The predicted molar refractivity (Wildman–Crippen MR) is 104 cm³/mol. The molecule has 4 rings (SSSR count). The molecular formula is C23H19NO. The summed E-state index contributed by atoms with van der Waals surface area (Å²) in [6.45, 7) is 2.20. The monoisotopic (exact) mass is 325 g/mol. The average Bonchev–Trinajstić information content (AvgIpc) is 2.64. The normalized spacial score (nSPS) is 12.8. The van der Waals surface area contributed by atoms with Gasteiger partial charge >= 0.3 is 0 Å². The Labute approximate surface area is 148 Å². The van der Waals surface area contributed by atoms with Crippen LogP contribution >= 0.6 is 0 Å². The lowest BCUT2D eigenvalue weighted by Gasteiger charge is -2.26. The minimum Gasteiger partial charge on any atom is -0.308 e. The average molecular weight is 325 g/mol. The van der Waals surface area contributed by atoms with E-state index in [0.29, 0.717) is 6.54 Å². The van der Waals surface area contributed by atoms with E-state index in [-0.39, 0.29) is 5.91 Å². The third kappa shape index (κ3) is 2.99. The molecule has 0 fully saturated rings. The minimum atomic E-state index is 0.0545. The number of para-hydroxylation sites is 1. The minimum absolute atomic E-state index is 0.0545. The van der Waals surface area contributed by atoms with E-state index in [2.05, 4.69) is 42.5 Å². The molecular weight excluding hydrogens is 306 g/mol. The van der Waals surface area contributed by atoms with Gasteiger partial charge in [-0.15, -0.1) is 0 Å². The van der Waals surface area contributed by atoms with E-state index in [0.717, 1.165) is 22.4 Å². The molecule has 3 aromatic carbocycles. The van der Waals surface area contributed by atoms with E-state index in [1.807, 2.05) is 47.4 Å². The highest BCUT2D eigenvalue weighted by Gasteiger charge is 2.18. The molecule has 0 N–H and O–H groups in total. The summed E-state index contributed by atoms with van der Waals surface area (Å²) in [4.78, 5) is 14.1. The van der Waals surface area contributed by atoms with Gasteiger partial charge in [0.2, 0.25) is 5.91 Å². The van der Waals surface area contributed by atoms with E-state index in [1.165, 1.54) is 11.1 Å². The lowest BCUT2D eigenvalue weighted by molar-refractivity contribution is -0.116. The first-order valence-electron chi connectivity index (χ1n) is 8.46. The Balaban J connectivity index is 1.84. The largest absolute Gasteiger partial charge is 0.308 e. The lowest BCUT2D eigenvalue weighted by atomic mass is 9.96. The van der Waals surface area contributed by atoms with Gasteiger partial charge in [-0.3, -0.25) is 4.79 Å². The van der Waals surface area contributed by atoms with Gasteiger partial charge in [-0.1, -0.05) is 72.8 Å². The molecule has 25 heavy (non-hydrogen) atoms. The molecule has 3 aromatic rings. The van der Waals surface area contributed by atoms with Gasteiger partial charge in [0.25, 0.3) is 0 Å². The number of hydrogen-bond donors (Lipinski definition) is 0. The molecule has 0 bridgehead atoms. The molecule has 0 aromatic heterocycles. The highest BCUT2D eigenvalue weighted by molar-refractivity contribution is 5.95. The van der Waals surface area contributed by atoms with Crippen LogP contribution in [0.2, 0.25) is 0 Å². The van der Waals surface area contributed by atoms with Gasteiger partial charge in [-0.2, -0.15) is 0 Å². The fraction of sp³-hybridized carbons (Fsp3) is 0.0870. The van der Waals surface area contributed by atoms with Crippen molar-refractivity contribution in [1.82, 2.24) is 0 Å². The van der Waals surface area contributed by atoms with E-state index in [1.54, 1.807) is 6.92 Å². The molecule has 0 saturated heterocycles. The number of benzene rings is 3. The van der Waals surface area contributed by atoms with Crippen LogP contribution in [0.1, 0.15) is 23.6 Å². The maximum Gasteiger partial charge on any atom is 0.224 e. The SMILES string of the molecule is CC(=O)N1Cc2cc(-c3ccccc3)ccc2C=Cc2ccccc21. The zero-order valence-corrected chi connectivity index (χ0v) is 14.1. The van der Waals surface area contributed by atoms with Crippen molar-refractivity contribution in [2.45, 2.75) is 13.5 Å². The van der Waals surface area contributed by atoms with E-state index >= 15 is 0 Å². The van der Waals surface area contributed by atoms with Crippen LogP contribution < -0.4 is 4.90 Å². The van der Waals surface area contributed by atoms with Crippen molar-refractivity contribution < 1.29 is 4.79 Å². The van der Waals surface area contributed by atoms with Crippen molar-refractivity contribution in [3.05, 3.63) is 89.5 Å². The number of anilines is 1. The summed E-state index contributed by atoms with van der Waals surface area (Å²) in [6.07, 6.45) is 4.23. The van der Waals surface area contributed by atoms with Crippen LogP contribution in [-0.2, 0) is 11.3 Å². The number of carbonyl (C=O) groups is 1. The molecule has 1 aliphatic rings. The molecule has 1 amide bonds. The van der Waals surface area contributed by atoms with Crippen LogP contribution in [0.3, 0.4) is 0 Å². The van der Waals surface area contributed by atoms with Crippen molar-refractivity contribution in [3.8, 4) is 11.1 Å². The fourth-order valence-corrected chi connectivity index (χ4v) is 3.31. The molecule has 0 aliphatic carbocycles. The van der Waals surface area contributed by atoms with Crippen LogP contribution in [0.15, 0.2) is 72.8 Å². The third-order valence-corrected chi connectivity index (χ3v) is 4.63. The quantitative estimate of drug-likeness (QED) is 0.587. The molecule has 122 valence electrons. The standard InChI is InChI=1S/C23H19NO/c1-17(25)24-16-22-15-21(18-7-3-2-4-8-18)14-12-19(22)11-13-20-9-5-6-10-23(20)24/h2-15H,16H2,1H3. The number of rotatable bonds is 1. The van der Waals surface area contributed by atoms with E-state index in [9.17, 15) is 4.79 Å². The number of nitrogens with zero attached hydrogens (tertiary/aromatic N) is 1. The van der Waals surface area contributed by atoms with Crippen LogP contribution in [0, 0.1) is 0 Å². The summed E-state index contributed by atoms with van der Waals surface area (Å²) < 4.78 is 0. The Morgan fingerprint density at radius 3 is 2.32 bits per heavy atom. The van der Waals surface area contributed by atoms with Gasteiger partial charge < -0.3 is 4.90 Å². The van der Waals surface area contributed by atoms with Crippen molar-refractivity contribution in [1.29, 1.82) is 0 Å². The predicted octanol–water partition coefficient (Wildman–Crippen LogP) is 5.39. The van der Waals surface area contributed by atoms with Crippen molar-refractivity contribution >= 4 is 23.7 Å². The highest BCUT2D eigenvalue weighted by Crippen LogP contribution is 2.31. The zero-order chi connectivity index (χ0) is 17.2.